The molecule has 6 heteroatoms. The van der Waals surface area contributed by atoms with E-state index in [-0.39, 0.29) is 18.1 Å². The second-order valence-corrected chi connectivity index (χ2v) is 7.64. The third-order valence-corrected chi connectivity index (χ3v) is 5.69. The van der Waals surface area contributed by atoms with Gasteiger partial charge in [0.1, 0.15) is 5.75 Å². The highest BCUT2D eigenvalue weighted by atomic mass is 16.5. The standard InChI is InChI=1S/C27H24N2O4/c1-2-21-22-14-9-15-25(33-26(31)18-30)23(22)16-17-24(21)27(32)28-29(19-10-5-3-6-11-19)20-12-7-4-8-13-20/h2-15,18,24H,16-17H2,1H3,(H,28,32)/b21-2-. The number of rotatable bonds is 6. The zero-order valence-electron chi connectivity index (χ0n) is 18.2. The summed E-state index contributed by atoms with van der Waals surface area (Å²) in [6.07, 6.45) is 3.16. The molecule has 0 aromatic heterocycles. The van der Waals surface area contributed by atoms with Crippen LogP contribution in [0.5, 0.6) is 5.75 Å². The first-order chi connectivity index (χ1) is 16.1. The zero-order chi connectivity index (χ0) is 23.2. The molecule has 0 aliphatic heterocycles. The van der Waals surface area contributed by atoms with Gasteiger partial charge in [-0.2, -0.15) is 0 Å². The molecule has 0 heterocycles. The molecule has 0 saturated heterocycles. The van der Waals surface area contributed by atoms with E-state index in [9.17, 15) is 14.4 Å². The molecule has 3 aromatic carbocycles. The summed E-state index contributed by atoms with van der Waals surface area (Å²) in [4.78, 5) is 35.8. The summed E-state index contributed by atoms with van der Waals surface area (Å²) in [7, 11) is 0. The van der Waals surface area contributed by atoms with Crippen molar-refractivity contribution in [3.63, 3.8) is 0 Å². The van der Waals surface area contributed by atoms with Crippen molar-refractivity contribution < 1.29 is 19.1 Å². The van der Waals surface area contributed by atoms with Crippen LogP contribution in [-0.4, -0.2) is 18.2 Å². The summed E-state index contributed by atoms with van der Waals surface area (Å²) in [6, 6.07) is 24.6. The number of anilines is 2. The largest absolute Gasteiger partial charge is 0.421 e. The number of carbonyl (C=O) groups is 3. The van der Waals surface area contributed by atoms with Gasteiger partial charge in [-0.05, 0) is 61.2 Å². The zero-order valence-corrected chi connectivity index (χ0v) is 18.2. The predicted molar refractivity (Wildman–Crippen MR) is 127 cm³/mol. The molecule has 1 amide bonds. The fraction of sp³-hybridized carbons (Fsp3) is 0.148. The van der Waals surface area contributed by atoms with E-state index in [4.69, 9.17) is 4.74 Å². The predicted octanol–water partition coefficient (Wildman–Crippen LogP) is 4.63. The number of benzene rings is 3. The van der Waals surface area contributed by atoms with Gasteiger partial charge < -0.3 is 4.74 Å². The minimum absolute atomic E-state index is 0.128. The van der Waals surface area contributed by atoms with E-state index in [1.165, 1.54) is 0 Å². The van der Waals surface area contributed by atoms with Crippen molar-refractivity contribution in [3.8, 4) is 5.75 Å². The van der Waals surface area contributed by atoms with Gasteiger partial charge in [-0.25, -0.2) is 4.79 Å². The van der Waals surface area contributed by atoms with Crippen molar-refractivity contribution in [1.29, 1.82) is 0 Å². The average Bonchev–Trinajstić information content (AvgIpc) is 2.87. The summed E-state index contributed by atoms with van der Waals surface area (Å²) >= 11 is 0. The van der Waals surface area contributed by atoms with Crippen LogP contribution in [0.2, 0.25) is 0 Å². The number of carbonyl (C=O) groups excluding carboxylic acids is 3. The Kier molecular flexibility index (Phi) is 6.64. The molecule has 0 radical (unpaired) electrons. The molecule has 0 fully saturated rings. The Morgan fingerprint density at radius 2 is 1.58 bits per heavy atom. The molecule has 1 aliphatic carbocycles. The maximum Gasteiger partial charge on any atom is 0.376 e. The smallest absolute Gasteiger partial charge is 0.376 e. The van der Waals surface area contributed by atoms with Gasteiger partial charge in [0.2, 0.25) is 12.2 Å². The van der Waals surface area contributed by atoms with Crippen LogP contribution in [0.1, 0.15) is 24.5 Å². The van der Waals surface area contributed by atoms with E-state index in [2.05, 4.69) is 5.43 Å². The van der Waals surface area contributed by atoms with Crippen LogP contribution in [0.4, 0.5) is 11.4 Å². The summed E-state index contributed by atoms with van der Waals surface area (Å²) in [5.41, 5.74) is 7.32. The minimum Gasteiger partial charge on any atom is -0.421 e. The number of ether oxygens (including phenoxy) is 1. The molecule has 6 nitrogen and oxygen atoms in total. The SMILES string of the molecule is C/C=C1/c2cccc(OC(=O)C=O)c2CCC1C(=O)NN(c1ccccc1)c1ccccc1. The molecule has 0 bridgehead atoms. The second kappa shape index (κ2) is 9.96. The highest BCUT2D eigenvalue weighted by Gasteiger charge is 2.32. The summed E-state index contributed by atoms with van der Waals surface area (Å²) in [5, 5.41) is 1.79. The van der Waals surface area contributed by atoms with Gasteiger partial charge in [0.15, 0.2) is 0 Å². The van der Waals surface area contributed by atoms with Gasteiger partial charge >= 0.3 is 5.97 Å². The number of nitrogens with one attached hydrogen (secondary N) is 1. The number of hydrogen-bond donors (Lipinski definition) is 1. The lowest BCUT2D eigenvalue weighted by molar-refractivity contribution is -0.141. The first-order valence-corrected chi connectivity index (χ1v) is 10.8. The Bertz CT molecular complexity index is 1150. The van der Waals surface area contributed by atoms with Crippen LogP contribution >= 0.6 is 0 Å². The molecule has 166 valence electrons. The summed E-state index contributed by atoms with van der Waals surface area (Å²) in [6.45, 7) is 1.89. The van der Waals surface area contributed by atoms with Crippen LogP contribution in [-0.2, 0) is 20.8 Å². The average molecular weight is 440 g/mol. The molecule has 0 saturated carbocycles. The molecule has 0 spiro atoms. The van der Waals surface area contributed by atoms with E-state index in [0.717, 1.165) is 28.1 Å². The lowest BCUT2D eigenvalue weighted by Gasteiger charge is -2.32. The number of amides is 1. The van der Waals surface area contributed by atoms with Crippen molar-refractivity contribution in [1.82, 2.24) is 5.43 Å². The van der Waals surface area contributed by atoms with Crippen molar-refractivity contribution >= 4 is 35.1 Å². The summed E-state index contributed by atoms with van der Waals surface area (Å²) in [5.74, 6) is -1.09. The molecule has 1 unspecified atom stereocenters. The number of para-hydroxylation sites is 2. The van der Waals surface area contributed by atoms with Crippen molar-refractivity contribution in [2.24, 2.45) is 5.92 Å². The third-order valence-electron chi connectivity index (χ3n) is 5.69. The molecular weight excluding hydrogens is 416 g/mol. The molecular formula is C27H24N2O4. The molecule has 1 aliphatic rings. The fourth-order valence-corrected chi connectivity index (χ4v) is 4.20. The van der Waals surface area contributed by atoms with Crippen LogP contribution in [0.3, 0.4) is 0 Å². The molecule has 1 atom stereocenters. The van der Waals surface area contributed by atoms with Gasteiger partial charge in [-0.15, -0.1) is 0 Å². The van der Waals surface area contributed by atoms with Crippen molar-refractivity contribution in [3.05, 3.63) is 96.1 Å². The van der Waals surface area contributed by atoms with Gasteiger partial charge in [-0.3, -0.25) is 20.0 Å². The van der Waals surface area contributed by atoms with E-state index in [1.54, 1.807) is 17.1 Å². The lowest BCUT2D eigenvalue weighted by Crippen LogP contribution is -2.43. The second-order valence-electron chi connectivity index (χ2n) is 7.64. The fourth-order valence-electron chi connectivity index (χ4n) is 4.20. The van der Waals surface area contributed by atoms with Gasteiger partial charge in [-0.1, -0.05) is 54.6 Å². The van der Waals surface area contributed by atoms with Crippen LogP contribution < -0.4 is 15.2 Å². The first-order valence-electron chi connectivity index (χ1n) is 10.8. The number of aldehydes is 1. The van der Waals surface area contributed by atoms with Crippen LogP contribution in [0.15, 0.2) is 84.9 Å². The van der Waals surface area contributed by atoms with Crippen molar-refractivity contribution in [2.45, 2.75) is 19.8 Å². The molecule has 1 N–H and O–H groups in total. The van der Waals surface area contributed by atoms with Crippen LogP contribution in [0.25, 0.3) is 5.57 Å². The van der Waals surface area contributed by atoms with Crippen LogP contribution in [0, 0.1) is 5.92 Å². The van der Waals surface area contributed by atoms with E-state index in [1.807, 2.05) is 79.7 Å². The Hall–Kier alpha value is -4.19. The topological polar surface area (TPSA) is 75.7 Å². The lowest BCUT2D eigenvalue weighted by atomic mass is 9.78. The maximum atomic E-state index is 13.5. The molecule has 3 aromatic rings. The number of hydrogen-bond acceptors (Lipinski definition) is 5. The number of allylic oxidation sites excluding steroid dienone is 1. The van der Waals surface area contributed by atoms with Crippen molar-refractivity contribution in [2.75, 3.05) is 5.01 Å². The molecule has 33 heavy (non-hydrogen) atoms. The third kappa shape index (κ3) is 4.70. The van der Waals surface area contributed by atoms with E-state index >= 15 is 0 Å². The van der Waals surface area contributed by atoms with Gasteiger partial charge in [0.25, 0.3) is 0 Å². The highest BCUT2D eigenvalue weighted by molar-refractivity contribution is 6.21. The summed E-state index contributed by atoms with van der Waals surface area (Å²) < 4.78 is 5.19. The first kappa shape index (κ1) is 22.0. The Labute approximate surface area is 192 Å². The monoisotopic (exact) mass is 440 g/mol. The van der Waals surface area contributed by atoms with Gasteiger partial charge in [0, 0.05) is 5.56 Å². The molecule has 4 rings (SSSR count). The Morgan fingerprint density at radius 1 is 0.939 bits per heavy atom. The number of hydrazine groups is 1. The normalized spacial score (nSPS) is 15.9. The Balaban J connectivity index is 1.63. The minimum atomic E-state index is -0.938. The van der Waals surface area contributed by atoms with E-state index < -0.39 is 5.97 Å². The van der Waals surface area contributed by atoms with E-state index in [0.29, 0.717) is 18.6 Å². The number of nitrogens with zero attached hydrogens (tertiary/aromatic N) is 1. The number of esters is 1. The number of fused-ring (bicyclic) bond motifs is 1. The highest BCUT2D eigenvalue weighted by Crippen LogP contribution is 2.40. The Morgan fingerprint density at radius 3 is 2.15 bits per heavy atom. The quantitative estimate of drug-likeness (QED) is 0.199. The van der Waals surface area contributed by atoms with Gasteiger partial charge in [0.05, 0.1) is 17.3 Å². The maximum absolute atomic E-state index is 13.5.